The van der Waals surface area contributed by atoms with E-state index in [-0.39, 0.29) is 0 Å². The Morgan fingerprint density at radius 3 is 2.79 bits per heavy atom. The summed E-state index contributed by atoms with van der Waals surface area (Å²) in [7, 11) is 0. The number of thiophene rings is 1. The van der Waals surface area contributed by atoms with E-state index < -0.39 is 0 Å². The van der Waals surface area contributed by atoms with Crippen LogP contribution in [0.25, 0.3) is 0 Å². The van der Waals surface area contributed by atoms with Crippen LogP contribution in [0.1, 0.15) is 30.0 Å². The fourth-order valence-electron chi connectivity index (χ4n) is 2.82. The third-order valence-electron chi connectivity index (χ3n) is 3.84. The molecule has 0 radical (unpaired) electrons. The van der Waals surface area contributed by atoms with Gasteiger partial charge in [-0.15, -0.1) is 11.8 Å². The van der Waals surface area contributed by atoms with Gasteiger partial charge in [0.2, 0.25) is 0 Å². The maximum atomic E-state index is 2.62. The van der Waals surface area contributed by atoms with E-state index in [1.54, 1.807) is 11.8 Å². The molecule has 2 heterocycles. The summed E-state index contributed by atoms with van der Waals surface area (Å²) < 4.78 is 0. The fourth-order valence-corrected chi connectivity index (χ4v) is 3.94. The standard InChI is InChI=1S/C16H19NS2/c1-18-15-6-4-13(5-7-15)11-17-9-2-3-16(17)14-8-10-19-12-14/h4-8,10,12,16H,2-3,9,11H2,1H3/t16-/m1/s1. The highest BCUT2D eigenvalue weighted by Gasteiger charge is 2.25. The van der Waals surface area contributed by atoms with Crippen molar-refractivity contribution in [3.05, 3.63) is 52.2 Å². The Morgan fingerprint density at radius 2 is 2.11 bits per heavy atom. The van der Waals surface area contributed by atoms with Crippen LogP contribution in [-0.2, 0) is 6.54 Å². The predicted molar refractivity (Wildman–Crippen MR) is 84.9 cm³/mol. The lowest BCUT2D eigenvalue weighted by atomic mass is 10.1. The van der Waals surface area contributed by atoms with E-state index >= 15 is 0 Å². The highest BCUT2D eigenvalue weighted by Crippen LogP contribution is 2.34. The van der Waals surface area contributed by atoms with E-state index in [9.17, 15) is 0 Å². The number of nitrogens with zero attached hydrogens (tertiary/aromatic N) is 1. The third kappa shape index (κ3) is 3.04. The van der Waals surface area contributed by atoms with Gasteiger partial charge >= 0.3 is 0 Å². The Bertz CT molecular complexity index is 504. The lowest BCUT2D eigenvalue weighted by molar-refractivity contribution is 0.249. The van der Waals surface area contributed by atoms with Crippen LogP contribution in [-0.4, -0.2) is 17.7 Å². The first kappa shape index (κ1) is 13.2. The van der Waals surface area contributed by atoms with E-state index in [1.165, 1.54) is 35.4 Å². The molecule has 0 aliphatic carbocycles. The normalized spacial score (nSPS) is 19.9. The van der Waals surface area contributed by atoms with Gasteiger partial charge in [0.1, 0.15) is 0 Å². The maximum absolute atomic E-state index is 2.62. The SMILES string of the molecule is CSc1ccc(CN2CCC[C@@H]2c2ccsc2)cc1. The Hall–Kier alpha value is -0.770. The highest BCUT2D eigenvalue weighted by atomic mass is 32.2. The number of rotatable bonds is 4. The lowest BCUT2D eigenvalue weighted by Gasteiger charge is -2.24. The average Bonchev–Trinajstić information content (AvgIpc) is 3.10. The summed E-state index contributed by atoms with van der Waals surface area (Å²) in [5.41, 5.74) is 2.93. The Balaban J connectivity index is 1.71. The Labute approximate surface area is 123 Å². The molecule has 0 unspecified atom stereocenters. The molecule has 3 heteroatoms. The number of thioether (sulfide) groups is 1. The molecule has 0 spiro atoms. The van der Waals surface area contributed by atoms with E-state index in [2.05, 4.69) is 52.2 Å². The first-order chi connectivity index (χ1) is 9.36. The van der Waals surface area contributed by atoms with Crippen LogP contribution < -0.4 is 0 Å². The van der Waals surface area contributed by atoms with Crippen molar-refractivity contribution in [1.29, 1.82) is 0 Å². The Kier molecular flexibility index (Phi) is 4.26. The van der Waals surface area contributed by atoms with Crippen molar-refractivity contribution >= 4 is 23.1 Å². The summed E-state index contributed by atoms with van der Waals surface area (Å²) in [6.07, 6.45) is 4.76. The van der Waals surface area contributed by atoms with Crippen molar-refractivity contribution in [2.24, 2.45) is 0 Å². The average molecular weight is 289 g/mol. The molecule has 100 valence electrons. The first-order valence-electron chi connectivity index (χ1n) is 6.76. The molecule has 1 aromatic heterocycles. The molecule has 19 heavy (non-hydrogen) atoms. The zero-order valence-electron chi connectivity index (χ0n) is 11.2. The Morgan fingerprint density at radius 1 is 1.26 bits per heavy atom. The second-order valence-corrected chi connectivity index (χ2v) is 6.69. The molecule has 1 aromatic carbocycles. The van der Waals surface area contributed by atoms with Gasteiger partial charge in [0.15, 0.2) is 0 Å². The van der Waals surface area contributed by atoms with Gasteiger partial charge in [-0.05, 0) is 65.7 Å². The zero-order valence-corrected chi connectivity index (χ0v) is 12.8. The summed E-state index contributed by atoms with van der Waals surface area (Å²) in [4.78, 5) is 3.97. The number of hydrogen-bond acceptors (Lipinski definition) is 3. The number of benzene rings is 1. The van der Waals surface area contributed by atoms with E-state index in [0.717, 1.165) is 6.54 Å². The molecule has 1 nitrogen and oxygen atoms in total. The van der Waals surface area contributed by atoms with Crippen molar-refractivity contribution < 1.29 is 0 Å². The second-order valence-electron chi connectivity index (χ2n) is 5.03. The van der Waals surface area contributed by atoms with Crippen molar-refractivity contribution in [2.45, 2.75) is 30.3 Å². The van der Waals surface area contributed by atoms with Crippen molar-refractivity contribution in [2.75, 3.05) is 12.8 Å². The topological polar surface area (TPSA) is 3.24 Å². The van der Waals surface area contributed by atoms with E-state index in [1.807, 2.05) is 11.3 Å². The highest BCUT2D eigenvalue weighted by molar-refractivity contribution is 7.98. The first-order valence-corrected chi connectivity index (χ1v) is 8.92. The molecular weight excluding hydrogens is 270 g/mol. The van der Waals surface area contributed by atoms with Crippen LogP contribution >= 0.6 is 23.1 Å². The fraction of sp³-hybridized carbons (Fsp3) is 0.375. The van der Waals surface area contributed by atoms with Crippen LogP contribution in [0.2, 0.25) is 0 Å². The van der Waals surface area contributed by atoms with Crippen LogP contribution in [0.4, 0.5) is 0 Å². The molecule has 0 bridgehead atoms. The summed E-state index contributed by atoms with van der Waals surface area (Å²) in [5.74, 6) is 0. The van der Waals surface area contributed by atoms with Crippen LogP contribution in [0.3, 0.4) is 0 Å². The summed E-state index contributed by atoms with van der Waals surface area (Å²) in [5, 5.41) is 4.50. The minimum absolute atomic E-state index is 0.631. The second kappa shape index (κ2) is 6.12. The molecule has 1 aliphatic heterocycles. The predicted octanol–water partition coefficient (Wildman–Crippen LogP) is 4.81. The molecule has 1 aliphatic rings. The van der Waals surface area contributed by atoms with Gasteiger partial charge in [-0.3, -0.25) is 4.90 Å². The minimum Gasteiger partial charge on any atom is -0.292 e. The largest absolute Gasteiger partial charge is 0.292 e. The van der Waals surface area contributed by atoms with Crippen molar-refractivity contribution in [1.82, 2.24) is 4.90 Å². The van der Waals surface area contributed by atoms with Gasteiger partial charge < -0.3 is 0 Å². The molecule has 2 aromatic rings. The quantitative estimate of drug-likeness (QED) is 0.743. The lowest BCUT2D eigenvalue weighted by Crippen LogP contribution is -2.22. The van der Waals surface area contributed by atoms with Gasteiger partial charge in [0, 0.05) is 17.5 Å². The minimum atomic E-state index is 0.631. The number of hydrogen-bond donors (Lipinski definition) is 0. The van der Waals surface area contributed by atoms with Crippen LogP contribution in [0.5, 0.6) is 0 Å². The van der Waals surface area contributed by atoms with Gasteiger partial charge in [0.25, 0.3) is 0 Å². The van der Waals surface area contributed by atoms with Crippen molar-refractivity contribution in [3.63, 3.8) is 0 Å². The van der Waals surface area contributed by atoms with Gasteiger partial charge in [-0.2, -0.15) is 11.3 Å². The molecule has 0 N–H and O–H groups in total. The molecule has 3 rings (SSSR count). The van der Waals surface area contributed by atoms with Gasteiger partial charge in [-0.25, -0.2) is 0 Å². The smallest absolute Gasteiger partial charge is 0.0360 e. The molecule has 0 amide bonds. The van der Waals surface area contributed by atoms with Gasteiger partial charge in [0.05, 0.1) is 0 Å². The summed E-state index contributed by atoms with van der Waals surface area (Å²) in [6, 6.07) is 11.9. The van der Waals surface area contributed by atoms with E-state index in [0.29, 0.717) is 6.04 Å². The molecular formula is C16H19NS2. The van der Waals surface area contributed by atoms with Crippen LogP contribution in [0, 0.1) is 0 Å². The maximum Gasteiger partial charge on any atom is 0.0360 e. The monoisotopic (exact) mass is 289 g/mol. The summed E-state index contributed by atoms with van der Waals surface area (Å²) in [6.45, 7) is 2.31. The van der Waals surface area contributed by atoms with E-state index in [4.69, 9.17) is 0 Å². The molecule has 1 atom stereocenters. The molecule has 0 saturated carbocycles. The van der Waals surface area contributed by atoms with Crippen LogP contribution in [0.15, 0.2) is 46.0 Å². The molecule has 1 saturated heterocycles. The summed E-state index contributed by atoms with van der Waals surface area (Å²) >= 11 is 3.62. The van der Waals surface area contributed by atoms with Crippen molar-refractivity contribution in [3.8, 4) is 0 Å². The van der Waals surface area contributed by atoms with Gasteiger partial charge in [-0.1, -0.05) is 12.1 Å². The number of likely N-dealkylation sites (tertiary alicyclic amines) is 1. The third-order valence-corrected chi connectivity index (χ3v) is 5.28. The zero-order chi connectivity index (χ0) is 13.1. The molecule has 1 fully saturated rings.